The summed E-state index contributed by atoms with van der Waals surface area (Å²) in [5.74, 6) is 0.779. The summed E-state index contributed by atoms with van der Waals surface area (Å²) in [7, 11) is 0. The molecule has 0 atom stereocenters. The minimum absolute atomic E-state index is 0.779. The van der Waals surface area contributed by atoms with Crippen molar-refractivity contribution in [2.24, 2.45) is 0 Å². The third kappa shape index (κ3) is 3.06. The van der Waals surface area contributed by atoms with Gasteiger partial charge in [-0.25, -0.2) is 4.98 Å². The molecule has 3 aromatic rings. The fraction of sp³-hybridized carbons (Fsp3) is 0.250. The molecular formula is C20H20N2O. The summed E-state index contributed by atoms with van der Waals surface area (Å²) in [5.41, 5.74) is 5.71. The van der Waals surface area contributed by atoms with Crippen LogP contribution in [0.25, 0.3) is 16.7 Å². The molecule has 0 saturated heterocycles. The van der Waals surface area contributed by atoms with Gasteiger partial charge >= 0.3 is 0 Å². The first-order valence-electron chi connectivity index (χ1n) is 8.11. The van der Waals surface area contributed by atoms with Gasteiger partial charge in [0.1, 0.15) is 5.52 Å². The second-order valence-electron chi connectivity index (χ2n) is 6.19. The van der Waals surface area contributed by atoms with Crippen molar-refractivity contribution in [3.63, 3.8) is 0 Å². The fourth-order valence-electron chi connectivity index (χ4n) is 3.01. The van der Waals surface area contributed by atoms with Crippen LogP contribution in [0.15, 0.2) is 59.0 Å². The molecule has 0 saturated carbocycles. The van der Waals surface area contributed by atoms with Gasteiger partial charge in [0.05, 0.1) is 0 Å². The van der Waals surface area contributed by atoms with Gasteiger partial charge in [-0.3, -0.25) is 4.90 Å². The van der Waals surface area contributed by atoms with E-state index >= 15 is 0 Å². The molecule has 0 unspecified atom stereocenters. The standard InChI is InChI=1S/C20H20N2O/c1-15-6-8-16(9-7-15)14-22-12-10-17(11-13-22)20-21-18-4-2-3-5-19(18)23-20/h2-10H,11-14H2,1H3. The zero-order valence-corrected chi connectivity index (χ0v) is 13.3. The predicted molar refractivity (Wildman–Crippen MR) is 93.1 cm³/mol. The number of aryl methyl sites for hydroxylation is 1. The first-order chi connectivity index (χ1) is 11.3. The van der Waals surface area contributed by atoms with E-state index in [1.807, 2.05) is 24.3 Å². The Morgan fingerprint density at radius 1 is 1.09 bits per heavy atom. The summed E-state index contributed by atoms with van der Waals surface area (Å²) in [4.78, 5) is 7.06. The molecule has 2 heterocycles. The molecule has 23 heavy (non-hydrogen) atoms. The van der Waals surface area contributed by atoms with Gasteiger partial charge in [0.25, 0.3) is 0 Å². The van der Waals surface area contributed by atoms with E-state index in [4.69, 9.17) is 4.42 Å². The first kappa shape index (κ1) is 14.2. The molecule has 0 radical (unpaired) electrons. The van der Waals surface area contributed by atoms with Crippen molar-refractivity contribution < 1.29 is 4.42 Å². The van der Waals surface area contributed by atoms with Crippen LogP contribution >= 0.6 is 0 Å². The van der Waals surface area contributed by atoms with Crippen molar-refractivity contribution in [3.8, 4) is 0 Å². The smallest absolute Gasteiger partial charge is 0.222 e. The number of nitrogens with zero attached hydrogens (tertiary/aromatic N) is 2. The van der Waals surface area contributed by atoms with E-state index in [0.29, 0.717) is 0 Å². The van der Waals surface area contributed by atoms with E-state index in [0.717, 1.165) is 43.0 Å². The Hall–Kier alpha value is -2.39. The Morgan fingerprint density at radius 2 is 1.91 bits per heavy atom. The normalized spacial score (nSPS) is 15.8. The number of benzene rings is 2. The van der Waals surface area contributed by atoms with Crippen molar-refractivity contribution in [1.29, 1.82) is 0 Å². The predicted octanol–water partition coefficient (Wildman–Crippen LogP) is 4.43. The minimum Gasteiger partial charge on any atom is -0.436 e. The van der Waals surface area contributed by atoms with Crippen LogP contribution in [0.5, 0.6) is 0 Å². The van der Waals surface area contributed by atoms with Crippen LogP contribution in [0, 0.1) is 6.92 Å². The average molecular weight is 304 g/mol. The average Bonchev–Trinajstić information content (AvgIpc) is 3.02. The molecule has 116 valence electrons. The number of hydrogen-bond donors (Lipinski definition) is 0. The maximum absolute atomic E-state index is 5.88. The Balaban J connectivity index is 1.47. The second-order valence-corrected chi connectivity index (χ2v) is 6.19. The van der Waals surface area contributed by atoms with Crippen LogP contribution in [-0.4, -0.2) is 23.0 Å². The number of fused-ring (bicyclic) bond motifs is 1. The number of hydrogen-bond acceptors (Lipinski definition) is 3. The summed E-state index contributed by atoms with van der Waals surface area (Å²) in [5, 5.41) is 0. The van der Waals surface area contributed by atoms with Crippen molar-refractivity contribution in [1.82, 2.24) is 9.88 Å². The topological polar surface area (TPSA) is 29.3 Å². The van der Waals surface area contributed by atoms with Crippen LogP contribution in [0.4, 0.5) is 0 Å². The molecule has 3 heteroatoms. The number of para-hydroxylation sites is 2. The largest absolute Gasteiger partial charge is 0.436 e. The Kier molecular flexibility index (Phi) is 3.72. The molecule has 0 bridgehead atoms. The van der Waals surface area contributed by atoms with Crippen LogP contribution in [0.2, 0.25) is 0 Å². The van der Waals surface area contributed by atoms with Crippen LogP contribution < -0.4 is 0 Å². The third-order valence-corrected chi connectivity index (χ3v) is 4.39. The summed E-state index contributed by atoms with van der Waals surface area (Å²) in [6.45, 7) is 5.11. The van der Waals surface area contributed by atoms with Crippen molar-refractivity contribution in [2.45, 2.75) is 19.9 Å². The van der Waals surface area contributed by atoms with Gasteiger partial charge in [-0.05, 0) is 31.0 Å². The van der Waals surface area contributed by atoms with Crippen molar-refractivity contribution in [2.75, 3.05) is 13.1 Å². The van der Waals surface area contributed by atoms with Gasteiger partial charge < -0.3 is 4.42 Å². The first-order valence-corrected chi connectivity index (χ1v) is 8.11. The fourth-order valence-corrected chi connectivity index (χ4v) is 3.01. The summed E-state index contributed by atoms with van der Waals surface area (Å²) >= 11 is 0. The lowest BCUT2D eigenvalue weighted by Crippen LogP contribution is -2.28. The molecule has 0 N–H and O–H groups in total. The van der Waals surface area contributed by atoms with E-state index in [9.17, 15) is 0 Å². The number of aromatic nitrogens is 1. The maximum Gasteiger partial charge on any atom is 0.222 e. The van der Waals surface area contributed by atoms with E-state index < -0.39 is 0 Å². The summed E-state index contributed by atoms with van der Waals surface area (Å²) in [6.07, 6.45) is 3.24. The van der Waals surface area contributed by atoms with Crippen molar-refractivity contribution in [3.05, 3.63) is 71.6 Å². The Labute approximate surface area is 136 Å². The number of oxazole rings is 1. The maximum atomic E-state index is 5.88. The summed E-state index contributed by atoms with van der Waals surface area (Å²) < 4.78 is 5.88. The lowest BCUT2D eigenvalue weighted by Gasteiger charge is -2.25. The van der Waals surface area contributed by atoms with Gasteiger partial charge in [-0.2, -0.15) is 0 Å². The molecule has 0 amide bonds. The summed E-state index contributed by atoms with van der Waals surface area (Å²) in [6, 6.07) is 16.7. The lowest BCUT2D eigenvalue weighted by atomic mass is 10.1. The Bertz CT molecular complexity index is 812. The molecule has 0 fully saturated rings. The molecule has 2 aromatic carbocycles. The van der Waals surface area contributed by atoms with E-state index in [2.05, 4.69) is 47.1 Å². The molecule has 1 aliphatic rings. The zero-order chi connectivity index (χ0) is 15.6. The van der Waals surface area contributed by atoms with Gasteiger partial charge in [0, 0.05) is 25.2 Å². The lowest BCUT2D eigenvalue weighted by molar-refractivity contribution is 0.292. The molecule has 1 aliphatic heterocycles. The highest BCUT2D eigenvalue weighted by atomic mass is 16.3. The zero-order valence-electron chi connectivity index (χ0n) is 13.3. The highest BCUT2D eigenvalue weighted by molar-refractivity contribution is 5.75. The van der Waals surface area contributed by atoms with E-state index in [1.54, 1.807) is 0 Å². The second kappa shape index (κ2) is 6.01. The third-order valence-electron chi connectivity index (χ3n) is 4.39. The number of rotatable bonds is 3. The van der Waals surface area contributed by atoms with Gasteiger partial charge in [-0.15, -0.1) is 0 Å². The van der Waals surface area contributed by atoms with Gasteiger partial charge in [0.2, 0.25) is 5.89 Å². The molecule has 1 aromatic heterocycles. The molecular weight excluding hydrogens is 284 g/mol. The molecule has 4 rings (SSSR count). The minimum atomic E-state index is 0.779. The van der Waals surface area contributed by atoms with Gasteiger partial charge in [0.15, 0.2) is 5.58 Å². The van der Waals surface area contributed by atoms with Crippen LogP contribution in [0.1, 0.15) is 23.4 Å². The van der Waals surface area contributed by atoms with E-state index in [-0.39, 0.29) is 0 Å². The Morgan fingerprint density at radius 3 is 2.65 bits per heavy atom. The SMILES string of the molecule is Cc1ccc(CN2CC=C(c3nc4ccccc4o3)CC2)cc1. The van der Waals surface area contributed by atoms with Crippen LogP contribution in [-0.2, 0) is 6.54 Å². The highest BCUT2D eigenvalue weighted by Gasteiger charge is 2.17. The molecule has 0 spiro atoms. The molecule has 0 aliphatic carbocycles. The van der Waals surface area contributed by atoms with Crippen molar-refractivity contribution >= 4 is 16.7 Å². The van der Waals surface area contributed by atoms with E-state index in [1.165, 1.54) is 16.7 Å². The monoisotopic (exact) mass is 304 g/mol. The quantitative estimate of drug-likeness (QED) is 0.717. The van der Waals surface area contributed by atoms with Gasteiger partial charge in [-0.1, -0.05) is 48.0 Å². The molecule has 3 nitrogen and oxygen atoms in total. The van der Waals surface area contributed by atoms with Crippen LogP contribution in [0.3, 0.4) is 0 Å². The highest BCUT2D eigenvalue weighted by Crippen LogP contribution is 2.26.